The van der Waals surface area contributed by atoms with E-state index in [9.17, 15) is 0 Å². The molecule has 2 aromatic rings. The molecule has 1 N–H and O–H groups in total. The van der Waals surface area contributed by atoms with Crippen LogP contribution in [0.1, 0.15) is 11.5 Å². The van der Waals surface area contributed by atoms with Crippen molar-refractivity contribution >= 4 is 17.0 Å². The number of fused-ring (bicyclic) bond motifs is 1. The fourth-order valence-corrected chi connectivity index (χ4v) is 1.30. The van der Waals surface area contributed by atoms with Gasteiger partial charge < -0.3 is 9.15 Å². The Hall–Kier alpha value is -1.84. The molecule has 0 saturated carbocycles. The Kier molecular flexibility index (Phi) is 1.96. The summed E-state index contributed by atoms with van der Waals surface area (Å²) in [5.41, 5.74) is 2.17. The maximum Gasteiger partial charge on any atom is 0.213 e. The van der Waals surface area contributed by atoms with E-state index in [2.05, 4.69) is 4.98 Å². The van der Waals surface area contributed by atoms with Gasteiger partial charge in [-0.1, -0.05) is 0 Å². The summed E-state index contributed by atoms with van der Waals surface area (Å²) in [6.45, 7) is 1.79. The highest BCUT2D eigenvalue weighted by Crippen LogP contribution is 2.17. The second kappa shape index (κ2) is 3.14. The molecule has 4 heteroatoms. The van der Waals surface area contributed by atoms with Crippen molar-refractivity contribution in [1.29, 1.82) is 5.41 Å². The summed E-state index contributed by atoms with van der Waals surface area (Å²) < 4.78 is 10.2. The average molecular weight is 190 g/mol. The third-order valence-electron chi connectivity index (χ3n) is 1.96. The zero-order chi connectivity index (χ0) is 10.1. The molecule has 0 aliphatic heterocycles. The third kappa shape index (κ3) is 1.35. The molecular weight excluding hydrogens is 180 g/mol. The molecule has 14 heavy (non-hydrogen) atoms. The summed E-state index contributed by atoms with van der Waals surface area (Å²) in [6.07, 6.45) is 0. The van der Waals surface area contributed by atoms with Crippen LogP contribution in [0.3, 0.4) is 0 Å². The van der Waals surface area contributed by atoms with E-state index in [1.165, 1.54) is 7.11 Å². The quantitative estimate of drug-likeness (QED) is 0.553. The first-order valence-electron chi connectivity index (χ1n) is 4.21. The van der Waals surface area contributed by atoms with E-state index < -0.39 is 0 Å². The number of hydrogen-bond donors (Lipinski definition) is 1. The topological polar surface area (TPSA) is 59.1 Å². The van der Waals surface area contributed by atoms with Gasteiger partial charge in [-0.15, -0.1) is 0 Å². The maximum absolute atomic E-state index is 7.48. The molecule has 1 heterocycles. The first-order valence-corrected chi connectivity index (χ1v) is 4.21. The maximum atomic E-state index is 7.48. The van der Waals surface area contributed by atoms with Crippen molar-refractivity contribution in [2.45, 2.75) is 6.92 Å². The van der Waals surface area contributed by atoms with Crippen LogP contribution in [0.4, 0.5) is 0 Å². The van der Waals surface area contributed by atoms with Gasteiger partial charge >= 0.3 is 0 Å². The van der Waals surface area contributed by atoms with Crippen molar-refractivity contribution in [3.8, 4) is 0 Å². The lowest BCUT2D eigenvalue weighted by Gasteiger charge is -2.00. The van der Waals surface area contributed by atoms with Crippen molar-refractivity contribution in [3.63, 3.8) is 0 Å². The highest BCUT2D eigenvalue weighted by Gasteiger charge is 2.06. The summed E-state index contributed by atoms with van der Waals surface area (Å²) in [6, 6.07) is 5.35. The van der Waals surface area contributed by atoms with E-state index >= 15 is 0 Å². The van der Waals surface area contributed by atoms with Gasteiger partial charge in [0.15, 0.2) is 11.5 Å². The molecule has 0 aliphatic carbocycles. The summed E-state index contributed by atoms with van der Waals surface area (Å²) in [4.78, 5) is 4.16. The highest BCUT2D eigenvalue weighted by molar-refractivity contribution is 5.94. The standard InChI is InChI=1S/C10H10N2O2/c1-6-12-8-4-3-7(10(11)13-2)5-9(8)14-6/h3-5,11H,1-2H3. The number of ether oxygens (including phenoxy) is 1. The predicted octanol–water partition coefficient (Wildman–Crippen LogP) is 2.11. The molecule has 0 bridgehead atoms. The van der Waals surface area contributed by atoms with Crippen molar-refractivity contribution in [1.82, 2.24) is 4.98 Å². The van der Waals surface area contributed by atoms with Crippen LogP contribution < -0.4 is 0 Å². The van der Waals surface area contributed by atoms with E-state index in [0.29, 0.717) is 17.0 Å². The minimum Gasteiger partial charge on any atom is -0.481 e. The Labute approximate surface area is 81.0 Å². The van der Waals surface area contributed by atoms with Gasteiger partial charge in [0.2, 0.25) is 5.90 Å². The van der Waals surface area contributed by atoms with Gasteiger partial charge in [-0.05, 0) is 18.2 Å². The minimum absolute atomic E-state index is 0.126. The smallest absolute Gasteiger partial charge is 0.213 e. The number of methoxy groups -OCH3 is 1. The molecule has 72 valence electrons. The molecular formula is C10H10N2O2. The molecule has 0 amide bonds. The molecule has 0 saturated heterocycles. The van der Waals surface area contributed by atoms with Crippen molar-refractivity contribution < 1.29 is 9.15 Å². The van der Waals surface area contributed by atoms with Crippen LogP contribution in [0.5, 0.6) is 0 Å². The fraction of sp³-hybridized carbons (Fsp3) is 0.200. The number of nitrogens with zero attached hydrogens (tertiary/aromatic N) is 1. The Morgan fingerprint density at radius 1 is 1.50 bits per heavy atom. The van der Waals surface area contributed by atoms with Crippen LogP contribution in [0.2, 0.25) is 0 Å². The number of nitrogens with one attached hydrogen (secondary N) is 1. The second-order valence-corrected chi connectivity index (χ2v) is 2.95. The lowest BCUT2D eigenvalue weighted by molar-refractivity contribution is 0.401. The molecule has 0 fully saturated rings. The van der Waals surface area contributed by atoms with Gasteiger partial charge in [-0.2, -0.15) is 0 Å². The number of oxazole rings is 1. The highest BCUT2D eigenvalue weighted by atomic mass is 16.5. The number of hydrogen-bond acceptors (Lipinski definition) is 4. The van der Waals surface area contributed by atoms with Gasteiger partial charge in [-0.3, -0.25) is 5.41 Å². The van der Waals surface area contributed by atoms with Crippen LogP contribution in [0.15, 0.2) is 22.6 Å². The van der Waals surface area contributed by atoms with Gasteiger partial charge in [0.05, 0.1) is 7.11 Å². The van der Waals surface area contributed by atoms with Gasteiger partial charge in [0.25, 0.3) is 0 Å². The lowest BCUT2D eigenvalue weighted by atomic mass is 10.2. The summed E-state index contributed by atoms with van der Waals surface area (Å²) >= 11 is 0. The lowest BCUT2D eigenvalue weighted by Crippen LogP contribution is -2.00. The third-order valence-corrected chi connectivity index (χ3v) is 1.96. The SMILES string of the molecule is COC(=N)c1ccc2nc(C)oc2c1. The Balaban J connectivity index is 2.55. The Morgan fingerprint density at radius 2 is 2.29 bits per heavy atom. The minimum atomic E-state index is 0.126. The summed E-state index contributed by atoms with van der Waals surface area (Å²) in [5.74, 6) is 0.752. The zero-order valence-electron chi connectivity index (χ0n) is 8.00. The number of aromatic nitrogens is 1. The Morgan fingerprint density at radius 3 is 3.00 bits per heavy atom. The molecule has 0 atom stereocenters. The van der Waals surface area contributed by atoms with E-state index in [0.717, 1.165) is 5.52 Å². The zero-order valence-corrected chi connectivity index (χ0v) is 8.00. The second-order valence-electron chi connectivity index (χ2n) is 2.95. The predicted molar refractivity (Wildman–Crippen MR) is 52.6 cm³/mol. The summed E-state index contributed by atoms with van der Waals surface area (Å²) in [5, 5.41) is 7.48. The fourth-order valence-electron chi connectivity index (χ4n) is 1.30. The molecule has 1 aromatic heterocycles. The molecule has 0 unspecified atom stereocenters. The van der Waals surface area contributed by atoms with Crippen LogP contribution in [-0.4, -0.2) is 18.0 Å². The normalized spacial score (nSPS) is 10.4. The number of aryl methyl sites for hydroxylation is 1. The van der Waals surface area contributed by atoms with Crippen LogP contribution >= 0.6 is 0 Å². The molecule has 0 spiro atoms. The number of rotatable bonds is 1. The van der Waals surface area contributed by atoms with Crippen molar-refractivity contribution in [3.05, 3.63) is 29.7 Å². The van der Waals surface area contributed by atoms with Gasteiger partial charge in [0, 0.05) is 12.5 Å². The van der Waals surface area contributed by atoms with Gasteiger partial charge in [-0.25, -0.2) is 4.98 Å². The van der Waals surface area contributed by atoms with Crippen LogP contribution in [0, 0.1) is 12.3 Å². The van der Waals surface area contributed by atoms with E-state index in [1.807, 2.05) is 6.07 Å². The first kappa shape index (κ1) is 8.74. The van der Waals surface area contributed by atoms with Crippen molar-refractivity contribution in [2.75, 3.05) is 7.11 Å². The molecule has 2 rings (SSSR count). The van der Waals surface area contributed by atoms with Crippen LogP contribution in [0.25, 0.3) is 11.1 Å². The molecule has 0 radical (unpaired) electrons. The van der Waals surface area contributed by atoms with Crippen molar-refractivity contribution in [2.24, 2.45) is 0 Å². The monoisotopic (exact) mass is 190 g/mol. The van der Waals surface area contributed by atoms with Gasteiger partial charge in [0.1, 0.15) is 5.52 Å². The number of benzene rings is 1. The Bertz CT molecular complexity index is 488. The van der Waals surface area contributed by atoms with E-state index in [4.69, 9.17) is 14.6 Å². The van der Waals surface area contributed by atoms with E-state index in [-0.39, 0.29) is 5.90 Å². The molecule has 4 nitrogen and oxygen atoms in total. The van der Waals surface area contributed by atoms with E-state index in [1.54, 1.807) is 19.1 Å². The molecule has 0 aliphatic rings. The van der Waals surface area contributed by atoms with Crippen LogP contribution in [-0.2, 0) is 4.74 Å². The largest absolute Gasteiger partial charge is 0.481 e. The average Bonchev–Trinajstić information content (AvgIpc) is 2.55. The first-order chi connectivity index (χ1) is 6.70. The summed E-state index contributed by atoms with van der Waals surface area (Å²) in [7, 11) is 1.47. The molecule has 1 aromatic carbocycles.